The van der Waals surface area contributed by atoms with Crippen molar-refractivity contribution < 1.29 is 4.79 Å². The van der Waals surface area contributed by atoms with E-state index in [9.17, 15) is 4.79 Å². The third-order valence-corrected chi connectivity index (χ3v) is 2.51. The Balaban J connectivity index is 2.44. The van der Waals surface area contributed by atoms with Gasteiger partial charge in [-0.25, -0.2) is 0 Å². The lowest BCUT2D eigenvalue weighted by molar-refractivity contribution is -0.127. The predicted octanol–water partition coefficient (Wildman–Crippen LogP) is 0.773. The molecule has 1 heterocycles. The summed E-state index contributed by atoms with van der Waals surface area (Å²) in [7, 11) is 1.89. The lowest BCUT2D eigenvalue weighted by Crippen LogP contribution is -2.43. The summed E-state index contributed by atoms with van der Waals surface area (Å²) in [5, 5.41) is 3.28. The van der Waals surface area contributed by atoms with Gasteiger partial charge in [-0.15, -0.1) is 0 Å². The van der Waals surface area contributed by atoms with E-state index in [2.05, 4.69) is 5.32 Å². The molecule has 1 aliphatic rings. The van der Waals surface area contributed by atoms with Crippen LogP contribution in [0, 0.1) is 0 Å². The molecule has 0 aromatic heterocycles. The van der Waals surface area contributed by atoms with Gasteiger partial charge in [-0.05, 0) is 38.9 Å². The standard InChI is InChI=1S/C10H18N2O/c1-3-4-10(13)12(2)9-5-7-11-8-6-9/h3-4,9,11H,5-8H2,1-2H3. The van der Waals surface area contributed by atoms with Gasteiger partial charge in [-0.1, -0.05) is 6.08 Å². The maximum Gasteiger partial charge on any atom is 0.246 e. The molecular formula is C10H18N2O. The first kappa shape index (κ1) is 10.3. The highest BCUT2D eigenvalue weighted by molar-refractivity contribution is 5.87. The molecule has 0 spiro atoms. The van der Waals surface area contributed by atoms with Crippen LogP contribution in [0.2, 0.25) is 0 Å². The van der Waals surface area contributed by atoms with E-state index in [1.165, 1.54) is 0 Å². The smallest absolute Gasteiger partial charge is 0.246 e. The minimum atomic E-state index is 0.120. The average molecular weight is 182 g/mol. The van der Waals surface area contributed by atoms with E-state index < -0.39 is 0 Å². The monoisotopic (exact) mass is 182 g/mol. The van der Waals surface area contributed by atoms with Crippen LogP contribution < -0.4 is 5.32 Å². The summed E-state index contributed by atoms with van der Waals surface area (Å²) >= 11 is 0. The summed E-state index contributed by atoms with van der Waals surface area (Å²) in [6.07, 6.45) is 5.56. The molecule has 0 bridgehead atoms. The van der Waals surface area contributed by atoms with Crippen LogP contribution in [0.4, 0.5) is 0 Å². The van der Waals surface area contributed by atoms with Crippen LogP contribution in [0.15, 0.2) is 12.2 Å². The van der Waals surface area contributed by atoms with Crippen molar-refractivity contribution >= 4 is 5.91 Å². The van der Waals surface area contributed by atoms with Gasteiger partial charge in [0, 0.05) is 13.1 Å². The molecular weight excluding hydrogens is 164 g/mol. The predicted molar refractivity (Wildman–Crippen MR) is 53.5 cm³/mol. The zero-order valence-corrected chi connectivity index (χ0v) is 8.42. The first-order valence-corrected chi connectivity index (χ1v) is 4.86. The fraction of sp³-hybridized carbons (Fsp3) is 0.700. The molecule has 1 rings (SSSR count). The van der Waals surface area contributed by atoms with E-state index in [0.717, 1.165) is 25.9 Å². The van der Waals surface area contributed by atoms with E-state index in [0.29, 0.717) is 6.04 Å². The minimum absolute atomic E-state index is 0.120. The van der Waals surface area contributed by atoms with Crippen LogP contribution in [0.25, 0.3) is 0 Å². The molecule has 0 unspecified atom stereocenters. The normalized spacial score (nSPS) is 19.2. The van der Waals surface area contributed by atoms with Crippen LogP contribution >= 0.6 is 0 Å². The number of hydrogen-bond donors (Lipinski definition) is 1. The van der Waals surface area contributed by atoms with Crippen molar-refractivity contribution in [2.24, 2.45) is 0 Å². The van der Waals surface area contributed by atoms with Gasteiger partial charge in [0.2, 0.25) is 5.91 Å². The van der Waals surface area contributed by atoms with Crippen LogP contribution in [-0.4, -0.2) is 37.0 Å². The van der Waals surface area contributed by atoms with Gasteiger partial charge < -0.3 is 10.2 Å². The Hall–Kier alpha value is -0.830. The van der Waals surface area contributed by atoms with Crippen molar-refractivity contribution in [1.82, 2.24) is 10.2 Å². The Morgan fingerprint density at radius 1 is 1.46 bits per heavy atom. The highest BCUT2D eigenvalue weighted by Crippen LogP contribution is 2.09. The van der Waals surface area contributed by atoms with E-state index in [1.54, 1.807) is 12.2 Å². The van der Waals surface area contributed by atoms with Gasteiger partial charge >= 0.3 is 0 Å². The van der Waals surface area contributed by atoms with Crippen molar-refractivity contribution in [1.29, 1.82) is 0 Å². The number of nitrogens with zero attached hydrogens (tertiary/aromatic N) is 1. The molecule has 74 valence electrons. The molecule has 3 heteroatoms. The van der Waals surface area contributed by atoms with Crippen molar-refractivity contribution in [3.63, 3.8) is 0 Å². The van der Waals surface area contributed by atoms with Gasteiger partial charge in [-0.3, -0.25) is 4.79 Å². The third-order valence-electron chi connectivity index (χ3n) is 2.51. The number of nitrogens with one attached hydrogen (secondary N) is 1. The molecule has 3 nitrogen and oxygen atoms in total. The van der Waals surface area contributed by atoms with Crippen LogP contribution in [0.5, 0.6) is 0 Å². The maximum absolute atomic E-state index is 11.5. The molecule has 0 aliphatic carbocycles. The number of likely N-dealkylation sites (N-methyl/N-ethyl adjacent to an activating group) is 1. The van der Waals surface area contributed by atoms with Crippen molar-refractivity contribution in [3.8, 4) is 0 Å². The van der Waals surface area contributed by atoms with Gasteiger partial charge in [-0.2, -0.15) is 0 Å². The fourth-order valence-electron chi connectivity index (χ4n) is 1.63. The number of amides is 1. The average Bonchev–Trinajstić information content (AvgIpc) is 2.18. The molecule has 1 N–H and O–H groups in total. The minimum Gasteiger partial charge on any atom is -0.339 e. The second-order valence-electron chi connectivity index (χ2n) is 3.43. The molecule has 1 fully saturated rings. The van der Waals surface area contributed by atoms with Crippen LogP contribution in [0.1, 0.15) is 19.8 Å². The number of carbonyl (C=O) groups excluding carboxylic acids is 1. The molecule has 1 aliphatic heterocycles. The molecule has 0 saturated carbocycles. The zero-order valence-electron chi connectivity index (χ0n) is 8.42. The van der Waals surface area contributed by atoms with Crippen molar-refractivity contribution in [2.45, 2.75) is 25.8 Å². The van der Waals surface area contributed by atoms with Crippen LogP contribution in [-0.2, 0) is 4.79 Å². The molecule has 0 aromatic carbocycles. The van der Waals surface area contributed by atoms with E-state index in [1.807, 2.05) is 18.9 Å². The lowest BCUT2D eigenvalue weighted by atomic mass is 10.1. The Kier molecular flexibility index (Phi) is 3.96. The molecule has 0 aromatic rings. The van der Waals surface area contributed by atoms with Gasteiger partial charge in [0.25, 0.3) is 0 Å². The van der Waals surface area contributed by atoms with E-state index >= 15 is 0 Å². The first-order valence-electron chi connectivity index (χ1n) is 4.86. The number of rotatable bonds is 2. The molecule has 0 atom stereocenters. The summed E-state index contributed by atoms with van der Waals surface area (Å²) in [6, 6.07) is 0.421. The topological polar surface area (TPSA) is 32.3 Å². The lowest BCUT2D eigenvalue weighted by Gasteiger charge is -2.30. The highest BCUT2D eigenvalue weighted by Gasteiger charge is 2.19. The summed E-state index contributed by atoms with van der Waals surface area (Å²) in [4.78, 5) is 13.3. The second-order valence-corrected chi connectivity index (χ2v) is 3.43. The Morgan fingerprint density at radius 3 is 2.62 bits per heavy atom. The van der Waals surface area contributed by atoms with E-state index in [4.69, 9.17) is 0 Å². The molecule has 0 radical (unpaired) electrons. The van der Waals surface area contributed by atoms with Crippen molar-refractivity contribution in [2.75, 3.05) is 20.1 Å². The zero-order chi connectivity index (χ0) is 9.68. The highest BCUT2D eigenvalue weighted by atomic mass is 16.2. The summed E-state index contributed by atoms with van der Waals surface area (Å²) in [6.45, 7) is 3.92. The number of carbonyl (C=O) groups is 1. The van der Waals surface area contributed by atoms with Crippen LogP contribution in [0.3, 0.4) is 0 Å². The van der Waals surface area contributed by atoms with Crippen molar-refractivity contribution in [3.05, 3.63) is 12.2 Å². The van der Waals surface area contributed by atoms with Gasteiger partial charge in [0.05, 0.1) is 0 Å². The largest absolute Gasteiger partial charge is 0.339 e. The fourth-order valence-corrected chi connectivity index (χ4v) is 1.63. The number of allylic oxidation sites excluding steroid dienone is 1. The summed E-state index contributed by atoms with van der Waals surface area (Å²) in [5.74, 6) is 0.120. The maximum atomic E-state index is 11.5. The molecule has 1 saturated heterocycles. The Morgan fingerprint density at radius 2 is 2.08 bits per heavy atom. The molecule has 1 amide bonds. The Bertz CT molecular complexity index is 195. The third kappa shape index (κ3) is 2.84. The van der Waals surface area contributed by atoms with Gasteiger partial charge in [0.15, 0.2) is 0 Å². The van der Waals surface area contributed by atoms with Gasteiger partial charge in [0.1, 0.15) is 0 Å². The summed E-state index contributed by atoms with van der Waals surface area (Å²) < 4.78 is 0. The number of hydrogen-bond acceptors (Lipinski definition) is 2. The quantitative estimate of drug-likeness (QED) is 0.640. The van der Waals surface area contributed by atoms with E-state index in [-0.39, 0.29) is 5.91 Å². The number of piperidine rings is 1. The SMILES string of the molecule is CC=CC(=O)N(C)C1CCNCC1. The Labute approximate surface area is 79.8 Å². The summed E-state index contributed by atoms with van der Waals surface area (Å²) in [5.41, 5.74) is 0. The first-order chi connectivity index (χ1) is 6.25. The second kappa shape index (κ2) is 5.02. The molecule has 13 heavy (non-hydrogen) atoms.